The number of rotatable bonds is 4. The molecule has 3 aliphatic carbocycles. The molecule has 0 atom stereocenters. The van der Waals surface area contributed by atoms with Crippen molar-refractivity contribution in [2.75, 3.05) is 6.61 Å². The Balaban J connectivity index is 1.46. The molecule has 1 N–H and O–H groups in total. The van der Waals surface area contributed by atoms with Crippen molar-refractivity contribution in [2.24, 2.45) is 5.41 Å². The molecular formula is C14H15ClNO2. The molecule has 1 radical (unpaired) electrons. The molecule has 0 unspecified atom stereocenters. The number of benzene rings is 1. The molecular weight excluding hydrogens is 250 g/mol. The van der Waals surface area contributed by atoms with Crippen molar-refractivity contribution in [1.82, 2.24) is 5.32 Å². The summed E-state index contributed by atoms with van der Waals surface area (Å²) in [4.78, 5) is 11.7. The lowest BCUT2D eigenvalue weighted by Crippen LogP contribution is -2.74. The number of halogens is 1. The topological polar surface area (TPSA) is 38.3 Å². The second-order valence-corrected chi connectivity index (χ2v) is 6.04. The van der Waals surface area contributed by atoms with Gasteiger partial charge in [0.2, 0.25) is 0 Å². The van der Waals surface area contributed by atoms with E-state index >= 15 is 0 Å². The number of amides is 1. The number of nitrogens with one attached hydrogen (secondary N) is 1. The third kappa shape index (κ3) is 2.07. The van der Waals surface area contributed by atoms with Gasteiger partial charge in [-0.25, -0.2) is 0 Å². The van der Waals surface area contributed by atoms with Gasteiger partial charge in [-0.15, -0.1) is 0 Å². The summed E-state index contributed by atoms with van der Waals surface area (Å²) in [5.41, 5.74) is 0.284. The molecule has 3 nitrogen and oxygen atoms in total. The largest absolute Gasteiger partial charge is 0.484 e. The SMILES string of the molecule is [CH2]C12CC(NC(=O)COc3ccc(Cl)cc3)(C1)C2. The first-order valence-corrected chi connectivity index (χ1v) is 6.41. The molecule has 1 aromatic rings. The zero-order valence-electron chi connectivity index (χ0n) is 10.0. The van der Waals surface area contributed by atoms with Crippen LogP contribution in [-0.4, -0.2) is 18.1 Å². The van der Waals surface area contributed by atoms with Gasteiger partial charge in [-0.05, 0) is 55.9 Å². The van der Waals surface area contributed by atoms with E-state index in [0.717, 1.165) is 19.3 Å². The first kappa shape index (κ1) is 11.8. The summed E-state index contributed by atoms with van der Waals surface area (Å²) in [7, 11) is 0. The molecule has 1 amide bonds. The van der Waals surface area contributed by atoms with Crippen LogP contribution in [0.1, 0.15) is 19.3 Å². The summed E-state index contributed by atoms with van der Waals surface area (Å²) in [5, 5.41) is 3.69. The molecule has 1 aromatic carbocycles. The number of carbonyl (C=O) groups excluding carboxylic acids is 1. The van der Waals surface area contributed by atoms with E-state index in [1.807, 2.05) is 0 Å². The molecule has 0 heterocycles. The molecule has 2 bridgehead atoms. The number of hydrogen-bond donors (Lipinski definition) is 1. The van der Waals surface area contributed by atoms with Crippen LogP contribution in [0.2, 0.25) is 5.02 Å². The minimum absolute atomic E-state index is 0.0299. The van der Waals surface area contributed by atoms with Gasteiger partial charge in [0.15, 0.2) is 6.61 Å². The van der Waals surface area contributed by atoms with Gasteiger partial charge in [0.1, 0.15) is 5.75 Å². The van der Waals surface area contributed by atoms with E-state index in [4.69, 9.17) is 16.3 Å². The first-order chi connectivity index (χ1) is 8.49. The molecule has 3 fully saturated rings. The summed E-state index contributed by atoms with van der Waals surface area (Å²) >= 11 is 5.77. The molecule has 3 aliphatic rings. The Morgan fingerprint density at radius 2 is 1.94 bits per heavy atom. The standard InChI is InChI=1S/C14H15ClNO2/c1-13-7-14(8-13,9-13)16-12(17)6-18-11-4-2-10(15)3-5-11/h2-5H,1,6-9H2,(H,16,17). The van der Waals surface area contributed by atoms with Crippen molar-refractivity contribution in [1.29, 1.82) is 0 Å². The van der Waals surface area contributed by atoms with E-state index < -0.39 is 0 Å². The van der Waals surface area contributed by atoms with Gasteiger partial charge < -0.3 is 10.1 Å². The number of carbonyl (C=O) groups is 1. The van der Waals surface area contributed by atoms with Gasteiger partial charge in [-0.1, -0.05) is 11.6 Å². The van der Waals surface area contributed by atoms with Crippen molar-refractivity contribution in [3.05, 3.63) is 36.2 Å². The molecule has 4 heteroatoms. The summed E-state index contributed by atoms with van der Waals surface area (Å²) in [5.74, 6) is 0.590. The van der Waals surface area contributed by atoms with Crippen molar-refractivity contribution in [2.45, 2.75) is 24.8 Å². The third-order valence-corrected chi connectivity index (χ3v) is 3.98. The van der Waals surface area contributed by atoms with E-state index in [1.54, 1.807) is 24.3 Å². The monoisotopic (exact) mass is 264 g/mol. The summed E-state index contributed by atoms with van der Waals surface area (Å²) in [6.07, 6.45) is 3.02. The average molecular weight is 265 g/mol. The van der Waals surface area contributed by atoms with Crippen LogP contribution >= 0.6 is 11.6 Å². The average Bonchev–Trinajstić information content (AvgIpc) is 2.25. The molecule has 0 aliphatic heterocycles. The van der Waals surface area contributed by atoms with Crippen molar-refractivity contribution >= 4 is 17.5 Å². The lowest BCUT2D eigenvalue weighted by molar-refractivity contribution is -0.148. The molecule has 0 spiro atoms. The Kier molecular flexibility index (Phi) is 2.56. The van der Waals surface area contributed by atoms with Crippen LogP contribution in [0, 0.1) is 12.3 Å². The summed E-state index contributed by atoms with van der Waals surface area (Å²) in [6.45, 7) is 4.15. The predicted octanol–water partition coefficient (Wildman–Crippen LogP) is 2.59. The maximum absolute atomic E-state index is 11.7. The first-order valence-electron chi connectivity index (χ1n) is 6.04. The van der Waals surface area contributed by atoms with Crippen molar-refractivity contribution < 1.29 is 9.53 Å². The van der Waals surface area contributed by atoms with E-state index in [9.17, 15) is 4.79 Å². The van der Waals surface area contributed by atoms with Crippen LogP contribution in [0.15, 0.2) is 24.3 Å². The summed E-state index contributed by atoms with van der Waals surface area (Å²) in [6, 6.07) is 6.98. The maximum Gasteiger partial charge on any atom is 0.258 e. The Morgan fingerprint density at radius 1 is 1.33 bits per heavy atom. The highest BCUT2D eigenvalue weighted by Crippen LogP contribution is 2.66. The zero-order chi connectivity index (χ0) is 12.8. The van der Waals surface area contributed by atoms with E-state index in [1.165, 1.54) is 0 Å². The lowest BCUT2D eigenvalue weighted by Gasteiger charge is -2.69. The van der Waals surface area contributed by atoms with Crippen LogP contribution in [-0.2, 0) is 4.79 Å². The van der Waals surface area contributed by atoms with Crippen LogP contribution in [0.3, 0.4) is 0 Å². The Labute approximate surface area is 111 Å². The number of ether oxygens (including phenoxy) is 1. The van der Waals surface area contributed by atoms with Gasteiger partial charge in [-0.3, -0.25) is 4.79 Å². The molecule has 18 heavy (non-hydrogen) atoms. The highest BCUT2D eigenvalue weighted by atomic mass is 35.5. The highest BCUT2D eigenvalue weighted by molar-refractivity contribution is 6.30. The number of hydrogen-bond acceptors (Lipinski definition) is 2. The van der Waals surface area contributed by atoms with Crippen LogP contribution in [0.25, 0.3) is 0 Å². The molecule has 0 saturated heterocycles. The van der Waals surface area contributed by atoms with Crippen LogP contribution in [0.5, 0.6) is 5.75 Å². The van der Waals surface area contributed by atoms with Crippen molar-refractivity contribution in [3.8, 4) is 5.75 Å². The second kappa shape index (κ2) is 3.89. The zero-order valence-corrected chi connectivity index (χ0v) is 10.8. The molecule has 4 rings (SSSR count). The Morgan fingerprint density at radius 3 is 2.50 bits per heavy atom. The Bertz CT molecular complexity index is 463. The predicted molar refractivity (Wildman–Crippen MR) is 69.5 cm³/mol. The minimum atomic E-state index is -0.0632. The lowest BCUT2D eigenvalue weighted by atomic mass is 9.40. The maximum atomic E-state index is 11.7. The van der Waals surface area contributed by atoms with Crippen LogP contribution in [0.4, 0.5) is 0 Å². The molecule has 3 saturated carbocycles. The fourth-order valence-electron chi connectivity index (χ4n) is 3.14. The van der Waals surface area contributed by atoms with Gasteiger partial charge in [-0.2, -0.15) is 0 Å². The highest BCUT2D eigenvalue weighted by Gasteiger charge is 2.65. The van der Waals surface area contributed by atoms with Crippen LogP contribution < -0.4 is 10.1 Å². The van der Waals surface area contributed by atoms with Crippen molar-refractivity contribution in [3.63, 3.8) is 0 Å². The van der Waals surface area contributed by atoms with Gasteiger partial charge in [0.05, 0.1) is 0 Å². The fourth-order valence-corrected chi connectivity index (χ4v) is 3.27. The third-order valence-electron chi connectivity index (χ3n) is 3.73. The summed E-state index contributed by atoms with van der Waals surface area (Å²) < 4.78 is 5.39. The Hall–Kier alpha value is -1.22. The second-order valence-electron chi connectivity index (χ2n) is 5.60. The quantitative estimate of drug-likeness (QED) is 0.908. The normalized spacial score (nSPS) is 32.1. The van der Waals surface area contributed by atoms with E-state index in [2.05, 4.69) is 12.2 Å². The molecule has 0 aromatic heterocycles. The minimum Gasteiger partial charge on any atom is -0.484 e. The molecule has 95 valence electrons. The fraction of sp³-hybridized carbons (Fsp3) is 0.429. The van der Waals surface area contributed by atoms with E-state index in [0.29, 0.717) is 10.8 Å². The van der Waals surface area contributed by atoms with Gasteiger partial charge in [0, 0.05) is 10.6 Å². The van der Waals surface area contributed by atoms with E-state index in [-0.39, 0.29) is 23.5 Å². The van der Waals surface area contributed by atoms with Gasteiger partial charge >= 0.3 is 0 Å². The van der Waals surface area contributed by atoms with Gasteiger partial charge in [0.25, 0.3) is 5.91 Å². The smallest absolute Gasteiger partial charge is 0.258 e.